The molecule has 9 heavy (non-hydrogen) atoms. The highest BCUT2D eigenvalue weighted by Gasteiger charge is 2.22. The molecule has 3 heteroatoms. The van der Waals surface area contributed by atoms with Crippen LogP contribution in [0.15, 0.2) is 0 Å². The minimum Gasteiger partial charge on any atom is -0.632 e. The molecule has 1 N–H and O–H groups in total. The van der Waals surface area contributed by atoms with Gasteiger partial charge in [0, 0.05) is 19.9 Å². The zero-order valence-electron chi connectivity index (χ0n) is 6.05. The summed E-state index contributed by atoms with van der Waals surface area (Å²) in [5, 5.41) is 14.5. The Morgan fingerprint density at radius 1 is 1.67 bits per heavy atom. The van der Waals surface area contributed by atoms with Gasteiger partial charge in [0.15, 0.2) is 0 Å². The zero-order valence-corrected chi connectivity index (χ0v) is 6.05. The Morgan fingerprint density at radius 3 is 2.67 bits per heavy atom. The van der Waals surface area contributed by atoms with Gasteiger partial charge in [-0.1, -0.05) is 0 Å². The van der Waals surface area contributed by atoms with Crippen molar-refractivity contribution in [1.82, 2.24) is 5.32 Å². The molecule has 0 aliphatic carbocycles. The van der Waals surface area contributed by atoms with Crippen LogP contribution in [0.4, 0.5) is 0 Å². The molecule has 0 aromatic heterocycles. The molecule has 1 saturated heterocycles. The lowest BCUT2D eigenvalue weighted by atomic mass is 10.3. The van der Waals surface area contributed by atoms with Crippen LogP contribution in [0.5, 0.6) is 0 Å². The van der Waals surface area contributed by atoms with Crippen LogP contribution in [0, 0.1) is 5.21 Å². The molecule has 0 bridgehead atoms. The Kier molecular flexibility index (Phi) is 1.75. The fraction of sp³-hybridized carbons (Fsp3) is 1.00. The predicted octanol–water partition coefficient (Wildman–Crippen LogP) is 0.270. The fourth-order valence-corrected chi connectivity index (χ4v) is 1.09. The molecular formula is C6H14N2O. The monoisotopic (exact) mass is 130 g/mol. The highest BCUT2D eigenvalue weighted by Crippen LogP contribution is 2.10. The molecule has 2 unspecified atom stereocenters. The van der Waals surface area contributed by atoms with E-state index in [9.17, 15) is 5.21 Å². The molecule has 1 aliphatic rings. The summed E-state index contributed by atoms with van der Waals surface area (Å²) in [5.41, 5.74) is 0. The standard InChI is InChI=1S/C6H14N2O/c1-6-7-4-3-5-8(6,2)9/h6-7H,3-5H2,1-2H3. The van der Waals surface area contributed by atoms with E-state index in [4.69, 9.17) is 0 Å². The van der Waals surface area contributed by atoms with Crippen LogP contribution in [-0.4, -0.2) is 30.9 Å². The van der Waals surface area contributed by atoms with Crippen molar-refractivity contribution in [3.63, 3.8) is 0 Å². The number of nitrogens with one attached hydrogen (secondary N) is 1. The van der Waals surface area contributed by atoms with E-state index in [0.29, 0.717) is 0 Å². The third kappa shape index (κ3) is 1.41. The first-order valence-corrected chi connectivity index (χ1v) is 3.42. The summed E-state index contributed by atoms with van der Waals surface area (Å²) in [5.74, 6) is 0. The molecule has 1 heterocycles. The first kappa shape index (κ1) is 6.99. The van der Waals surface area contributed by atoms with E-state index in [1.54, 1.807) is 7.05 Å². The van der Waals surface area contributed by atoms with Crippen LogP contribution >= 0.6 is 0 Å². The van der Waals surface area contributed by atoms with Gasteiger partial charge in [-0.25, -0.2) is 0 Å². The lowest BCUT2D eigenvalue weighted by Crippen LogP contribution is -2.57. The second-order valence-corrected chi connectivity index (χ2v) is 2.88. The van der Waals surface area contributed by atoms with Crippen molar-refractivity contribution < 1.29 is 4.65 Å². The largest absolute Gasteiger partial charge is 0.632 e. The predicted molar refractivity (Wildman–Crippen MR) is 36.5 cm³/mol. The second-order valence-electron chi connectivity index (χ2n) is 2.88. The van der Waals surface area contributed by atoms with Gasteiger partial charge in [0.1, 0.15) is 6.17 Å². The van der Waals surface area contributed by atoms with Crippen molar-refractivity contribution in [3.05, 3.63) is 5.21 Å². The Bertz CT molecular complexity index is 103. The molecular weight excluding hydrogens is 116 g/mol. The summed E-state index contributed by atoms with van der Waals surface area (Å²) < 4.78 is -0.125. The topological polar surface area (TPSA) is 35.1 Å². The molecule has 1 rings (SSSR count). The highest BCUT2D eigenvalue weighted by atomic mass is 16.5. The van der Waals surface area contributed by atoms with Crippen molar-refractivity contribution in [2.24, 2.45) is 0 Å². The van der Waals surface area contributed by atoms with E-state index in [1.165, 1.54) is 0 Å². The number of hydrogen-bond donors (Lipinski definition) is 1. The normalized spacial score (nSPS) is 45.0. The Hall–Kier alpha value is -0.120. The van der Waals surface area contributed by atoms with Crippen molar-refractivity contribution in [2.45, 2.75) is 19.5 Å². The SMILES string of the molecule is CC1NCCC[N+]1(C)[O-]. The van der Waals surface area contributed by atoms with Crippen molar-refractivity contribution >= 4 is 0 Å². The van der Waals surface area contributed by atoms with E-state index in [0.717, 1.165) is 19.5 Å². The zero-order chi connectivity index (χ0) is 6.91. The van der Waals surface area contributed by atoms with Crippen molar-refractivity contribution in [1.29, 1.82) is 0 Å². The smallest absolute Gasteiger partial charge is 0.139 e. The van der Waals surface area contributed by atoms with E-state index in [-0.39, 0.29) is 10.8 Å². The number of rotatable bonds is 0. The van der Waals surface area contributed by atoms with Crippen LogP contribution in [0.1, 0.15) is 13.3 Å². The first-order chi connectivity index (χ1) is 4.13. The van der Waals surface area contributed by atoms with Gasteiger partial charge in [0.2, 0.25) is 0 Å². The third-order valence-electron chi connectivity index (χ3n) is 2.04. The maximum atomic E-state index is 11.3. The fourth-order valence-electron chi connectivity index (χ4n) is 1.09. The minimum absolute atomic E-state index is 0.0822. The average Bonchev–Trinajstić information content (AvgIpc) is 1.77. The highest BCUT2D eigenvalue weighted by molar-refractivity contribution is 4.58. The lowest BCUT2D eigenvalue weighted by Gasteiger charge is -2.47. The lowest BCUT2D eigenvalue weighted by molar-refractivity contribution is -0.892. The van der Waals surface area contributed by atoms with E-state index in [2.05, 4.69) is 5.32 Å². The van der Waals surface area contributed by atoms with Crippen LogP contribution in [0.25, 0.3) is 0 Å². The third-order valence-corrected chi connectivity index (χ3v) is 2.04. The van der Waals surface area contributed by atoms with Gasteiger partial charge in [-0.05, 0) is 0 Å². The number of hydroxylamine groups is 3. The minimum atomic E-state index is -0.125. The molecule has 0 radical (unpaired) electrons. The van der Waals surface area contributed by atoms with Gasteiger partial charge >= 0.3 is 0 Å². The molecule has 1 fully saturated rings. The summed E-state index contributed by atoms with van der Waals surface area (Å²) in [6.07, 6.45) is 1.09. The van der Waals surface area contributed by atoms with Crippen LogP contribution < -0.4 is 5.32 Å². The first-order valence-electron chi connectivity index (χ1n) is 3.42. The van der Waals surface area contributed by atoms with E-state index < -0.39 is 0 Å². The van der Waals surface area contributed by atoms with E-state index >= 15 is 0 Å². The number of hydrogen-bond acceptors (Lipinski definition) is 2. The molecule has 2 atom stereocenters. The second kappa shape index (κ2) is 2.25. The molecule has 0 aromatic rings. The molecule has 0 amide bonds. The number of quaternary nitrogens is 1. The molecule has 0 saturated carbocycles. The quantitative estimate of drug-likeness (QED) is 0.377. The van der Waals surface area contributed by atoms with Crippen LogP contribution in [0.3, 0.4) is 0 Å². The van der Waals surface area contributed by atoms with Gasteiger partial charge in [-0.3, -0.25) is 5.32 Å². The van der Waals surface area contributed by atoms with Crippen molar-refractivity contribution in [2.75, 3.05) is 20.1 Å². The summed E-state index contributed by atoms with van der Waals surface area (Å²) in [7, 11) is 1.72. The Labute approximate surface area is 55.8 Å². The molecule has 3 nitrogen and oxygen atoms in total. The maximum absolute atomic E-state index is 11.3. The van der Waals surface area contributed by atoms with Crippen LogP contribution in [0.2, 0.25) is 0 Å². The number of nitrogens with zero attached hydrogens (tertiary/aromatic N) is 1. The van der Waals surface area contributed by atoms with Crippen molar-refractivity contribution in [3.8, 4) is 0 Å². The molecule has 1 aliphatic heterocycles. The van der Waals surface area contributed by atoms with Crippen LogP contribution in [-0.2, 0) is 0 Å². The van der Waals surface area contributed by atoms with E-state index in [1.807, 2.05) is 6.92 Å². The van der Waals surface area contributed by atoms with Gasteiger partial charge in [0.25, 0.3) is 0 Å². The van der Waals surface area contributed by atoms with Gasteiger partial charge in [-0.2, -0.15) is 0 Å². The van der Waals surface area contributed by atoms with Gasteiger partial charge in [-0.15, -0.1) is 0 Å². The summed E-state index contributed by atoms with van der Waals surface area (Å²) in [6, 6.07) is 0. The van der Waals surface area contributed by atoms with Gasteiger partial charge < -0.3 is 9.85 Å². The van der Waals surface area contributed by atoms with Gasteiger partial charge in [0.05, 0.1) is 13.6 Å². The summed E-state index contributed by atoms with van der Waals surface area (Å²) in [4.78, 5) is 0. The Balaban J connectivity index is 2.49. The summed E-state index contributed by atoms with van der Waals surface area (Å²) in [6.45, 7) is 3.69. The maximum Gasteiger partial charge on any atom is 0.139 e. The Morgan fingerprint density at radius 2 is 2.33 bits per heavy atom. The molecule has 0 spiro atoms. The average molecular weight is 130 g/mol. The summed E-state index contributed by atoms with van der Waals surface area (Å²) >= 11 is 0. The molecule has 0 aromatic carbocycles. The molecule has 54 valence electrons.